The number of para-hydroxylation sites is 2. The molecule has 2 aromatic carbocycles. The van der Waals surface area contributed by atoms with E-state index in [-0.39, 0.29) is 29.4 Å². The number of nitro benzene ring substituents is 1. The Kier molecular flexibility index (Phi) is 5.06. The summed E-state index contributed by atoms with van der Waals surface area (Å²) in [5.41, 5.74) is -0.00625. The molecule has 1 N–H and O–H groups in total. The van der Waals surface area contributed by atoms with Crippen LogP contribution in [0.15, 0.2) is 53.4 Å². The molecule has 1 saturated carbocycles. The smallest absolute Gasteiger partial charge is 0.292 e. The van der Waals surface area contributed by atoms with Crippen LogP contribution >= 0.6 is 23.4 Å². The maximum atomic E-state index is 12.6. The van der Waals surface area contributed by atoms with E-state index in [0.29, 0.717) is 5.02 Å². The largest absolute Gasteiger partial charge is 0.364 e. The van der Waals surface area contributed by atoms with Gasteiger partial charge in [0.1, 0.15) is 11.7 Å². The van der Waals surface area contributed by atoms with Crippen LogP contribution in [-0.4, -0.2) is 27.8 Å². The van der Waals surface area contributed by atoms with Crippen molar-refractivity contribution in [3.05, 3.63) is 63.7 Å². The zero-order valence-electron chi connectivity index (χ0n) is 12.8. The van der Waals surface area contributed by atoms with E-state index < -0.39 is 16.2 Å². The van der Waals surface area contributed by atoms with Crippen molar-refractivity contribution in [1.82, 2.24) is 0 Å². The van der Waals surface area contributed by atoms with E-state index in [9.17, 15) is 19.7 Å². The maximum Gasteiger partial charge on any atom is 0.292 e. The fourth-order valence-corrected chi connectivity index (χ4v) is 3.83. The van der Waals surface area contributed by atoms with Crippen molar-refractivity contribution in [2.45, 2.75) is 22.6 Å². The van der Waals surface area contributed by atoms with Gasteiger partial charge in [-0.15, -0.1) is 11.8 Å². The van der Waals surface area contributed by atoms with Crippen molar-refractivity contribution in [3.63, 3.8) is 0 Å². The molecule has 6 nitrogen and oxygen atoms in total. The molecule has 1 aliphatic rings. The number of Topliss-reactive ketones (excluding diaryl/α,β-unsaturated/α-hetero) is 2. The van der Waals surface area contributed by atoms with Crippen LogP contribution in [0.1, 0.15) is 6.42 Å². The Bertz CT molecular complexity index is 841. The molecule has 2 aromatic rings. The number of hydrogen-bond acceptors (Lipinski definition) is 6. The highest BCUT2D eigenvalue weighted by Gasteiger charge is 2.42. The summed E-state index contributed by atoms with van der Waals surface area (Å²) in [5, 5.41) is 13.9. The van der Waals surface area contributed by atoms with Crippen molar-refractivity contribution in [1.29, 1.82) is 0 Å². The van der Waals surface area contributed by atoms with E-state index in [1.165, 1.54) is 30.0 Å². The molecule has 0 aromatic heterocycles. The lowest BCUT2D eigenvalue weighted by molar-refractivity contribution is -0.384. The third-order valence-corrected chi connectivity index (χ3v) is 5.28. The Labute approximate surface area is 152 Å². The number of thioether (sulfide) groups is 1. The number of nitrogens with one attached hydrogen (secondary N) is 1. The van der Waals surface area contributed by atoms with E-state index in [1.807, 2.05) is 0 Å². The number of carbonyl (C=O) groups excluding carboxylic acids is 2. The van der Waals surface area contributed by atoms with Gasteiger partial charge in [-0.05, 0) is 30.3 Å². The van der Waals surface area contributed by atoms with Crippen LogP contribution in [0, 0.1) is 10.1 Å². The lowest BCUT2D eigenvalue weighted by Crippen LogP contribution is -2.32. The molecule has 0 radical (unpaired) electrons. The summed E-state index contributed by atoms with van der Waals surface area (Å²) in [6.45, 7) is 0. The molecule has 25 heavy (non-hydrogen) atoms. The zero-order valence-corrected chi connectivity index (χ0v) is 14.4. The molecule has 0 amide bonds. The first-order chi connectivity index (χ1) is 12.0. The summed E-state index contributed by atoms with van der Waals surface area (Å²) in [6, 6.07) is 11.9. The fourth-order valence-electron chi connectivity index (χ4n) is 2.58. The van der Waals surface area contributed by atoms with Crippen molar-refractivity contribution < 1.29 is 14.5 Å². The molecule has 0 saturated heterocycles. The molecule has 0 heterocycles. The number of benzene rings is 2. The number of nitro groups is 1. The molecule has 1 fully saturated rings. The zero-order chi connectivity index (χ0) is 18.0. The third-order valence-electron chi connectivity index (χ3n) is 3.80. The Hall–Kier alpha value is -2.38. The SMILES string of the molecule is O=C1C[C@@H](Sc2ccc(Cl)cc2)C(=O)[C@H]1Nc1ccccc1[N+](=O)[O-]. The van der Waals surface area contributed by atoms with Crippen molar-refractivity contribution >= 4 is 46.3 Å². The number of nitrogens with zero attached hydrogens (tertiary/aromatic N) is 1. The summed E-state index contributed by atoms with van der Waals surface area (Å²) in [6.07, 6.45) is 0.0877. The molecule has 2 atom stereocenters. The molecule has 128 valence electrons. The highest BCUT2D eigenvalue weighted by molar-refractivity contribution is 8.00. The second kappa shape index (κ2) is 7.25. The van der Waals surface area contributed by atoms with Crippen molar-refractivity contribution in [2.24, 2.45) is 0 Å². The predicted molar refractivity (Wildman–Crippen MR) is 96.2 cm³/mol. The minimum absolute atomic E-state index is 0.0877. The van der Waals surface area contributed by atoms with Gasteiger partial charge in [-0.25, -0.2) is 0 Å². The van der Waals surface area contributed by atoms with Crippen LogP contribution in [0.25, 0.3) is 0 Å². The first-order valence-corrected chi connectivity index (χ1v) is 8.70. The molecule has 8 heteroatoms. The van der Waals surface area contributed by atoms with Gasteiger partial charge < -0.3 is 5.32 Å². The Morgan fingerprint density at radius 2 is 1.80 bits per heavy atom. The van der Waals surface area contributed by atoms with Crippen LogP contribution < -0.4 is 5.32 Å². The van der Waals surface area contributed by atoms with Crippen LogP contribution in [0.2, 0.25) is 5.02 Å². The topological polar surface area (TPSA) is 89.3 Å². The van der Waals surface area contributed by atoms with E-state index in [0.717, 1.165) is 4.90 Å². The standard InChI is InChI=1S/C17H13ClN2O4S/c18-10-5-7-11(8-6-10)25-15-9-14(21)16(17(15)22)19-12-3-1-2-4-13(12)20(23)24/h1-8,15-16,19H,9H2/t15-,16+/m1/s1. The van der Waals surface area contributed by atoms with E-state index in [4.69, 9.17) is 11.6 Å². The number of carbonyl (C=O) groups is 2. The monoisotopic (exact) mass is 376 g/mol. The summed E-state index contributed by atoms with van der Waals surface area (Å²) in [5.74, 6) is -0.544. The summed E-state index contributed by atoms with van der Waals surface area (Å²) >= 11 is 7.13. The summed E-state index contributed by atoms with van der Waals surface area (Å²) in [4.78, 5) is 36.2. The molecule has 0 unspecified atom stereocenters. The predicted octanol–water partition coefficient (Wildman–Crippen LogP) is 3.73. The van der Waals surface area contributed by atoms with Gasteiger partial charge in [0.2, 0.25) is 0 Å². The fraction of sp³-hybridized carbons (Fsp3) is 0.176. The van der Waals surface area contributed by atoms with Gasteiger partial charge in [-0.3, -0.25) is 19.7 Å². The van der Waals surface area contributed by atoms with Gasteiger partial charge in [0.25, 0.3) is 5.69 Å². The molecule has 0 spiro atoms. The molecular formula is C17H13ClN2O4S. The van der Waals surface area contributed by atoms with Gasteiger partial charge in [-0.2, -0.15) is 0 Å². The molecule has 3 rings (SSSR count). The van der Waals surface area contributed by atoms with Crippen molar-refractivity contribution in [2.75, 3.05) is 5.32 Å². The van der Waals surface area contributed by atoms with Gasteiger partial charge >= 0.3 is 0 Å². The minimum atomic E-state index is -1.06. The first kappa shape index (κ1) is 17.4. The Balaban J connectivity index is 1.76. The second-order valence-electron chi connectivity index (χ2n) is 5.48. The third kappa shape index (κ3) is 3.83. The number of hydrogen-bond donors (Lipinski definition) is 1. The van der Waals surface area contributed by atoms with E-state index in [1.54, 1.807) is 30.3 Å². The quantitative estimate of drug-likeness (QED) is 0.486. The van der Waals surface area contributed by atoms with Crippen molar-refractivity contribution in [3.8, 4) is 0 Å². The molecule has 1 aliphatic carbocycles. The number of ketones is 2. The Morgan fingerprint density at radius 3 is 2.48 bits per heavy atom. The molecule has 0 bridgehead atoms. The van der Waals surface area contributed by atoms with Crippen LogP contribution in [-0.2, 0) is 9.59 Å². The van der Waals surface area contributed by atoms with Crippen LogP contribution in [0.4, 0.5) is 11.4 Å². The van der Waals surface area contributed by atoms with Gasteiger partial charge in [-0.1, -0.05) is 23.7 Å². The highest BCUT2D eigenvalue weighted by atomic mass is 35.5. The number of rotatable bonds is 5. The normalized spacial score (nSPS) is 19.9. The second-order valence-corrected chi connectivity index (χ2v) is 7.20. The average Bonchev–Trinajstić information content (AvgIpc) is 2.85. The number of halogens is 1. The summed E-state index contributed by atoms with van der Waals surface area (Å²) < 4.78 is 0. The highest BCUT2D eigenvalue weighted by Crippen LogP contribution is 2.34. The van der Waals surface area contributed by atoms with Gasteiger partial charge in [0, 0.05) is 22.4 Å². The molecule has 0 aliphatic heterocycles. The number of anilines is 1. The van der Waals surface area contributed by atoms with Gasteiger partial charge in [0.15, 0.2) is 11.6 Å². The Morgan fingerprint density at radius 1 is 1.12 bits per heavy atom. The van der Waals surface area contributed by atoms with E-state index >= 15 is 0 Å². The lowest BCUT2D eigenvalue weighted by Gasteiger charge is -2.12. The van der Waals surface area contributed by atoms with Gasteiger partial charge in [0.05, 0.1) is 10.2 Å². The van der Waals surface area contributed by atoms with Crippen LogP contribution in [0.3, 0.4) is 0 Å². The van der Waals surface area contributed by atoms with Crippen LogP contribution in [0.5, 0.6) is 0 Å². The minimum Gasteiger partial charge on any atom is -0.364 e. The lowest BCUT2D eigenvalue weighted by atomic mass is 10.2. The first-order valence-electron chi connectivity index (χ1n) is 7.44. The molecular weight excluding hydrogens is 364 g/mol. The maximum absolute atomic E-state index is 12.6. The summed E-state index contributed by atoms with van der Waals surface area (Å²) in [7, 11) is 0. The average molecular weight is 377 g/mol. The van der Waals surface area contributed by atoms with E-state index in [2.05, 4.69) is 5.32 Å².